The van der Waals surface area contributed by atoms with Crippen LogP contribution < -0.4 is 11.1 Å². The quantitative estimate of drug-likeness (QED) is 0.577. The van der Waals surface area contributed by atoms with Gasteiger partial charge in [-0.3, -0.25) is 14.9 Å². The summed E-state index contributed by atoms with van der Waals surface area (Å²) in [4.78, 5) is 21.4. The lowest BCUT2D eigenvalue weighted by molar-refractivity contribution is -0.149. The largest absolute Gasteiger partial charge is 0.461 e. The number of amides is 1. The van der Waals surface area contributed by atoms with Crippen LogP contribution in [-0.2, 0) is 14.3 Å². The Kier molecular flexibility index (Phi) is 5.87. The van der Waals surface area contributed by atoms with Crippen LogP contribution in [0.15, 0.2) is 0 Å². The average molecular weight is 202 g/mol. The van der Waals surface area contributed by atoms with E-state index in [9.17, 15) is 9.59 Å². The van der Waals surface area contributed by atoms with E-state index in [0.29, 0.717) is 0 Å². The van der Waals surface area contributed by atoms with Crippen molar-refractivity contribution in [2.75, 3.05) is 13.1 Å². The summed E-state index contributed by atoms with van der Waals surface area (Å²) in [5, 5.41) is 2.58. The maximum absolute atomic E-state index is 11.1. The summed E-state index contributed by atoms with van der Waals surface area (Å²) in [6.07, 6.45) is -0.113. The summed E-state index contributed by atoms with van der Waals surface area (Å²) in [6.45, 7) is 5.77. The highest BCUT2D eigenvalue weighted by Crippen LogP contribution is 2.04. The number of ether oxygens (including phenoxy) is 1. The average Bonchev–Trinajstić information content (AvgIpc) is 2.02. The van der Waals surface area contributed by atoms with Crippen LogP contribution in [0.4, 0.5) is 0 Å². The van der Waals surface area contributed by atoms with Gasteiger partial charge < -0.3 is 10.5 Å². The van der Waals surface area contributed by atoms with Gasteiger partial charge in [0.2, 0.25) is 5.91 Å². The number of carbonyl (C=O) groups excluding carboxylic acids is 2. The lowest BCUT2D eigenvalue weighted by Crippen LogP contribution is -2.34. The summed E-state index contributed by atoms with van der Waals surface area (Å²) in [7, 11) is 0. The molecule has 5 nitrogen and oxygen atoms in total. The summed E-state index contributed by atoms with van der Waals surface area (Å²) in [5.41, 5.74) is 4.87. The molecule has 0 saturated heterocycles. The third kappa shape index (κ3) is 6.42. The Hall–Kier alpha value is -1.10. The van der Waals surface area contributed by atoms with E-state index in [1.165, 1.54) is 0 Å². The second-order valence-corrected chi connectivity index (χ2v) is 3.51. The zero-order valence-electron chi connectivity index (χ0n) is 8.87. The Bertz CT molecular complexity index is 204. The van der Waals surface area contributed by atoms with Crippen LogP contribution in [0, 0.1) is 5.92 Å². The number of hydrogen-bond acceptors (Lipinski definition) is 4. The zero-order valence-corrected chi connectivity index (χ0v) is 8.87. The van der Waals surface area contributed by atoms with Gasteiger partial charge in [0, 0.05) is 0 Å². The second-order valence-electron chi connectivity index (χ2n) is 3.51. The lowest BCUT2D eigenvalue weighted by Gasteiger charge is -2.16. The molecule has 0 aliphatic heterocycles. The van der Waals surface area contributed by atoms with Crippen LogP contribution in [0.2, 0.25) is 0 Å². The highest BCUT2D eigenvalue weighted by atomic mass is 16.5. The molecule has 0 aromatic carbocycles. The van der Waals surface area contributed by atoms with E-state index < -0.39 is 5.91 Å². The summed E-state index contributed by atoms with van der Waals surface area (Å²) < 4.78 is 5.04. The van der Waals surface area contributed by atoms with Gasteiger partial charge in [0.1, 0.15) is 6.10 Å². The monoisotopic (exact) mass is 202 g/mol. The Morgan fingerprint density at radius 1 is 1.29 bits per heavy atom. The normalized spacial score (nSPS) is 12.6. The molecule has 0 aliphatic carbocycles. The predicted molar refractivity (Wildman–Crippen MR) is 52.5 cm³/mol. The van der Waals surface area contributed by atoms with Gasteiger partial charge in [0.25, 0.3) is 0 Å². The van der Waals surface area contributed by atoms with Crippen LogP contribution in [0.25, 0.3) is 0 Å². The van der Waals surface area contributed by atoms with Crippen molar-refractivity contribution in [2.45, 2.75) is 26.9 Å². The maximum Gasteiger partial charge on any atom is 0.320 e. The van der Waals surface area contributed by atoms with Crippen molar-refractivity contribution in [3.63, 3.8) is 0 Å². The van der Waals surface area contributed by atoms with E-state index >= 15 is 0 Å². The number of primary amides is 1. The molecule has 0 aromatic rings. The van der Waals surface area contributed by atoms with Gasteiger partial charge in [-0.15, -0.1) is 0 Å². The molecule has 14 heavy (non-hydrogen) atoms. The number of rotatable bonds is 6. The Labute approximate surface area is 84.0 Å². The number of nitrogens with one attached hydrogen (secondary N) is 1. The summed E-state index contributed by atoms with van der Waals surface area (Å²) >= 11 is 0. The van der Waals surface area contributed by atoms with Crippen molar-refractivity contribution in [3.8, 4) is 0 Å². The maximum atomic E-state index is 11.1. The van der Waals surface area contributed by atoms with E-state index in [4.69, 9.17) is 10.5 Å². The lowest BCUT2D eigenvalue weighted by atomic mass is 10.1. The molecule has 0 bridgehead atoms. The van der Waals surface area contributed by atoms with Crippen molar-refractivity contribution in [2.24, 2.45) is 11.7 Å². The van der Waals surface area contributed by atoms with Gasteiger partial charge in [0.05, 0.1) is 13.1 Å². The first-order valence-electron chi connectivity index (χ1n) is 4.62. The van der Waals surface area contributed by atoms with E-state index in [-0.39, 0.29) is 31.1 Å². The summed E-state index contributed by atoms with van der Waals surface area (Å²) in [5.74, 6) is -0.572. The fourth-order valence-corrected chi connectivity index (χ4v) is 0.673. The highest BCUT2D eigenvalue weighted by molar-refractivity contribution is 5.77. The molecule has 1 unspecified atom stereocenters. The minimum Gasteiger partial charge on any atom is -0.461 e. The fourth-order valence-electron chi connectivity index (χ4n) is 0.673. The molecular formula is C9H18N2O3. The van der Waals surface area contributed by atoms with E-state index in [0.717, 1.165) is 0 Å². The number of carbonyl (C=O) groups is 2. The van der Waals surface area contributed by atoms with E-state index in [2.05, 4.69) is 5.32 Å². The molecule has 1 atom stereocenters. The van der Waals surface area contributed by atoms with E-state index in [1.54, 1.807) is 0 Å². The molecule has 0 spiro atoms. The number of esters is 1. The van der Waals surface area contributed by atoms with Crippen molar-refractivity contribution in [3.05, 3.63) is 0 Å². The van der Waals surface area contributed by atoms with Crippen molar-refractivity contribution in [1.82, 2.24) is 5.32 Å². The van der Waals surface area contributed by atoms with Crippen LogP contribution in [0.3, 0.4) is 0 Å². The Morgan fingerprint density at radius 3 is 2.29 bits per heavy atom. The Morgan fingerprint density at radius 2 is 1.86 bits per heavy atom. The topological polar surface area (TPSA) is 81.4 Å². The number of hydrogen-bond donors (Lipinski definition) is 2. The molecular weight excluding hydrogens is 184 g/mol. The SMILES string of the molecule is CC(C)C(C)OC(=O)CNCC(N)=O. The molecule has 5 heteroatoms. The fraction of sp³-hybridized carbons (Fsp3) is 0.778. The zero-order chi connectivity index (χ0) is 11.1. The first kappa shape index (κ1) is 12.9. The van der Waals surface area contributed by atoms with Crippen LogP contribution >= 0.6 is 0 Å². The smallest absolute Gasteiger partial charge is 0.320 e. The molecule has 0 fully saturated rings. The molecule has 82 valence electrons. The predicted octanol–water partition coefficient (Wildman–Crippen LogP) is -0.351. The first-order valence-corrected chi connectivity index (χ1v) is 4.62. The molecule has 3 N–H and O–H groups in total. The number of nitrogens with two attached hydrogens (primary N) is 1. The molecule has 0 heterocycles. The molecule has 0 rings (SSSR count). The summed E-state index contributed by atoms with van der Waals surface area (Å²) in [6, 6.07) is 0. The minimum atomic E-state index is -0.491. The third-order valence-electron chi connectivity index (χ3n) is 1.82. The molecule has 0 radical (unpaired) electrons. The van der Waals surface area contributed by atoms with Gasteiger partial charge in [-0.25, -0.2) is 0 Å². The molecule has 0 aromatic heterocycles. The minimum absolute atomic E-state index is 0.00877. The van der Waals surface area contributed by atoms with Crippen LogP contribution in [0.1, 0.15) is 20.8 Å². The second kappa shape index (κ2) is 6.37. The van der Waals surface area contributed by atoms with Gasteiger partial charge in [-0.2, -0.15) is 0 Å². The van der Waals surface area contributed by atoms with Gasteiger partial charge in [-0.1, -0.05) is 13.8 Å². The van der Waals surface area contributed by atoms with Gasteiger partial charge in [-0.05, 0) is 12.8 Å². The van der Waals surface area contributed by atoms with Crippen molar-refractivity contribution >= 4 is 11.9 Å². The Balaban J connectivity index is 3.60. The van der Waals surface area contributed by atoms with Gasteiger partial charge >= 0.3 is 5.97 Å². The van der Waals surface area contributed by atoms with Crippen molar-refractivity contribution in [1.29, 1.82) is 0 Å². The molecule has 0 aliphatic rings. The van der Waals surface area contributed by atoms with Crippen LogP contribution in [-0.4, -0.2) is 31.1 Å². The highest BCUT2D eigenvalue weighted by Gasteiger charge is 2.12. The van der Waals surface area contributed by atoms with E-state index in [1.807, 2.05) is 20.8 Å². The molecule has 0 saturated carbocycles. The van der Waals surface area contributed by atoms with Crippen LogP contribution in [0.5, 0.6) is 0 Å². The van der Waals surface area contributed by atoms with Gasteiger partial charge in [0.15, 0.2) is 0 Å². The third-order valence-corrected chi connectivity index (χ3v) is 1.82. The first-order chi connectivity index (χ1) is 6.43. The van der Waals surface area contributed by atoms with Crippen molar-refractivity contribution < 1.29 is 14.3 Å². The standard InChI is InChI=1S/C9H18N2O3/c1-6(2)7(3)14-9(13)5-11-4-8(10)12/h6-7,11H,4-5H2,1-3H3,(H2,10,12). The molecule has 1 amide bonds.